The van der Waals surface area contributed by atoms with Gasteiger partial charge in [-0.05, 0) is 11.5 Å². The zero-order valence-electron chi connectivity index (χ0n) is 18.0. The Kier molecular flexibility index (Phi) is 5.86. The quantitative estimate of drug-likeness (QED) is 0.124. The summed E-state index contributed by atoms with van der Waals surface area (Å²) in [5, 5.41) is 27.8. The molecule has 13 heteroatoms. The predicted octanol–water partition coefficient (Wildman–Crippen LogP) is 0.783. The van der Waals surface area contributed by atoms with Crippen molar-refractivity contribution in [2.45, 2.75) is 18.0 Å². The van der Waals surface area contributed by atoms with E-state index in [2.05, 4.69) is 15.5 Å². The molecule has 4 heterocycles. The number of thioether (sulfide) groups is 1. The summed E-state index contributed by atoms with van der Waals surface area (Å²) in [4.78, 5) is 42.8. The Morgan fingerprint density at radius 2 is 2.06 bits per heavy atom. The fraction of sp³-hybridized carbons (Fsp3) is 0.182. The van der Waals surface area contributed by atoms with Gasteiger partial charge >= 0.3 is 5.97 Å². The average Bonchev–Trinajstić information content (AvgIpc) is 3.28. The summed E-state index contributed by atoms with van der Waals surface area (Å²) in [7, 11) is 0. The first-order chi connectivity index (χ1) is 16.9. The lowest BCUT2D eigenvalue weighted by molar-refractivity contribution is -0.687. The Morgan fingerprint density at radius 3 is 2.74 bits per heavy atom. The van der Waals surface area contributed by atoms with Crippen LogP contribution in [-0.4, -0.2) is 60.9 Å². The number of amides is 2. The third-order valence-electron chi connectivity index (χ3n) is 5.74. The molecule has 1 unspecified atom stereocenters. The largest absolute Gasteiger partial charge is 0.477 e. The number of carboxylic acid groups (broad SMARTS) is 1. The number of hydrogen-bond acceptors (Lipinski definition) is 9. The van der Waals surface area contributed by atoms with Gasteiger partial charge in [-0.15, -0.1) is 23.1 Å². The van der Waals surface area contributed by atoms with Gasteiger partial charge in [0.2, 0.25) is 0 Å². The zero-order valence-corrected chi connectivity index (χ0v) is 19.6. The molecule has 0 radical (unpaired) electrons. The number of rotatable bonds is 6. The average molecular weight is 512 g/mol. The second kappa shape index (κ2) is 9.00. The van der Waals surface area contributed by atoms with Crippen molar-refractivity contribution in [1.29, 1.82) is 0 Å². The molecule has 178 valence electrons. The number of aromatic nitrogens is 2. The number of fused-ring (bicyclic) bond motifs is 2. The minimum Gasteiger partial charge on any atom is -0.477 e. The number of nitrogens with zero attached hydrogens (tertiary/aromatic N) is 4. The van der Waals surface area contributed by atoms with Gasteiger partial charge in [-0.3, -0.25) is 14.5 Å². The summed E-state index contributed by atoms with van der Waals surface area (Å²) in [5.41, 5.74) is 5.78. The topological polar surface area (TPSA) is 162 Å². The number of β-lactam (4-membered cyclic amide) rings is 1. The number of hydrogen-bond donors (Lipinski definition) is 4. The molecule has 2 atom stereocenters. The Bertz CT molecular complexity index is 1430. The van der Waals surface area contributed by atoms with Crippen molar-refractivity contribution >= 4 is 62.5 Å². The standard InChI is InChI=1S/C22H18N6O5S2/c23-22-24-14(10-35-22)15(26-33)18(29)25-16-19(30)28-17(21(31)32)13(9-34-20(16)28)8-27-6-5-11-3-1-2-4-12(11)7-27/h1-7,10,16,20H,8-9H2,(H4-,23,24,25,29,31,32,33)/p+1/t16?,20-/m0/s1. The Morgan fingerprint density at radius 1 is 1.29 bits per heavy atom. The van der Waals surface area contributed by atoms with E-state index in [0.717, 1.165) is 22.1 Å². The third kappa shape index (κ3) is 4.08. The fourth-order valence-electron chi connectivity index (χ4n) is 4.12. The molecule has 2 aliphatic heterocycles. The maximum Gasteiger partial charge on any atom is 0.352 e. The van der Waals surface area contributed by atoms with Gasteiger partial charge in [0.05, 0.1) is 0 Å². The molecule has 35 heavy (non-hydrogen) atoms. The van der Waals surface area contributed by atoms with E-state index < -0.39 is 29.2 Å². The van der Waals surface area contributed by atoms with Crippen LogP contribution in [0.15, 0.2) is 64.5 Å². The van der Waals surface area contributed by atoms with Gasteiger partial charge in [0.1, 0.15) is 22.8 Å². The number of oxime groups is 1. The summed E-state index contributed by atoms with van der Waals surface area (Å²) in [5.74, 6) is -2.20. The summed E-state index contributed by atoms with van der Waals surface area (Å²) in [6.07, 6.45) is 3.80. The van der Waals surface area contributed by atoms with Gasteiger partial charge in [-0.2, -0.15) is 0 Å². The number of carbonyl (C=O) groups excluding carboxylic acids is 2. The Hall–Kier alpha value is -3.97. The van der Waals surface area contributed by atoms with E-state index in [1.807, 2.05) is 47.3 Å². The van der Waals surface area contributed by atoms with Crippen molar-refractivity contribution in [3.8, 4) is 0 Å². The molecule has 0 spiro atoms. The zero-order chi connectivity index (χ0) is 24.7. The van der Waals surface area contributed by atoms with Crippen molar-refractivity contribution in [2.75, 3.05) is 11.5 Å². The van der Waals surface area contributed by atoms with Crippen molar-refractivity contribution in [2.24, 2.45) is 5.16 Å². The number of nitrogens with two attached hydrogens (primary N) is 1. The molecule has 5 rings (SSSR count). The van der Waals surface area contributed by atoms with E-state index in [0.29, 0.717) is 17.9 Å². The number of nitrogen functional groups attached to an aromatic ring is 1. The summed E-state index contributed by atoms with van der Waals surface area (Å²) in [6, 6.07) is 8.82. The highest BCUT2D eigenvalue weighted by Gasteiger charge is 2.54. The van der Waals surface area contributed by atoms with Crippen LogP contribution in [0.4, 0.5) is 5.13 Å². The van der Waals surface area contributed by atoms with Crippen molar-refractivity contribution in [3.63, 3.8) is 0 Å². The number of pyridine rings is 1. The second-order valence-corrected chi connectivity index (χ2v) is 9.88. The molecule has 2 aliphatic rings. The number of nitrogens with one attached hydrogen (secondary N) is 1. The number of carbonyl (C=O) groups is 3. The molecule has 1 aromatic carbocycles. The first-order valence-corrected chi connectivity index (χ1v) is 12.3. The highest BCUT2D eigenvalue weighted by atomic mass is 32.2. The Labute approximate surface area is 206 Å². The van der Waals surface area contributed by atoms with Crippen molar-refractivity contribution < 1.29 is 29.3 Å². The van der Waals surface area contributed by atoms with Gasteiger partial charge in [-0.1, -0.05) is 23.4 Å². The van der Waals surface area contributed by atoms with Gasteiger partial charge in [0.25, 0.3) is 11.8 Å². The lowest BCUT2D eigenvalue weighted by Gasteiger charge is -2.49. The maximum absolute atomic E-state index is 12.9. The predicted molar refractivity (Wildman–Crippen MR) is 129 cm³/mol. The van der Waals surface area contributed by atoms with Crippen LogP contribution in [0, 0.1) is 0 Å². The number of benzene rings is 1. The summed E-state index contributed by atoms with van der Waals surface area (Å²) < 4.78 is 1.88. The van der Waals surface area contributed by atoms with Crippen LogP contribution in [0.3, 0.4) is 0 Å². The van der Waals surface area contributed by atoms with Crippen LogP contribution < -0.4 is 15.6 Å². The number of carboxylic acids is 1. The highest BCUT2D eigenvalue weighted by Crippen LogP contribution is 2.40. The third-order valence-corrected chi connectivity index (χ3v) is 7.75. The van der Waals surface area contributed by atoms with Crippen LogP contribution in [-0.2, 0) is 20.9 Å². The molecule has 2 amide bonds. The minimum atomic E-state index is -1.21. The first kappa shape index (κ1) is 22.8. The number of thiazole rings is 1. The maximum atomic E-state index is 12.9. The van der Waals surface area contributed by atoms with Crippen LogP contribution in [0.2, 0.25) is 0 Å². The molecule has 2 aromatic heterocycles. The lowest BCUT2D eigenvalue weighted by Crippen LogP contribution is -2.71. The molecule has 3 aromatic rings. The summed E-state index contributed by atoms with van der Waals surface area (Å²) in [6.45, 7) is 0.305. The van der Waals surface area contributed by atoms with Gasteiger partial charge in [0.15, 0.2) is 29.8 Å². The normalized spacial score (nSPS) is 19.9. The SMILES string of the molecule is Nc1nc(C(=NO)C(=O)NC2C(=O)N3C(C(=O)O)=C(C[n+]4ccc5ccccc5c4)CS[C@@H]23)cs1. The molecule has 1 fully saturated rings. The molecule has 5 N–H and O–H groups in total. The molecule has 0 saturated carbocycles. The molecular weight excluding hydrogens is 492 g/mol. The number of aliphatic carboxylic acids is 1. The van der Waals surface area contributed by atoms with Crippen molar-refractivity contribution in [3.05, 3.63) is 65.1 Å². The van der Waals surface area contributed by atoms with Gasteiger partial charge < -0.3 is 21.4 Å². The second-order valence-electron chi connectivity index (χ2n) is 7.88. The van der Waals surface area contributed by atoms with E-state index in [1.54, 1.807) is 0 Å². The van der Waals surface area contributed by atoms with Crippen LogP contribution >= 0.6 is 23.1 Å². The minimum absolute atomic E-state index is 0.0757. The highest BCUT2D eigenvalue weighted by molar-refractivity contribution is 8.00. The monoisotopic (exact) mass is 511 g/mol. The molecular formula is C22H19N6O5S2+. The van der Waals surface area contributed by atoms with Gasteiger partial charge in [0, 0.05) is 28.2 Å². The molecule has 1 saturated heterocycles. The molecule has 0 bridgehead atoms. The smallest absolute Gasteiger partial charge is 0.352 e. The van der Waals surface area contributed by atoms with E-state index in [9.17, 15) is 24.7 Å². The van der Waals surface area contributed by atoms with E-state index in [1.165, 1.54) is 22.0 Å². The molecule has 11 nitrogen and oxygen atoms in total. The van der Waals surface area contributed by atoms with Crippen LogP contribution in [0.5, 0.6) is 0 Å². The fourth-order valence-corrected chi connectivity index (χ4v) is 6.00. The van der Waals surface area contributed by atoms with E-state index >= 15 is 0 Å². The van der Waals surface area contributed by atoms with E-state index in [4.69, 9.17) is 5.73 Å². The van der Waals surface area contributed by atoms with Crippen LogP contribution in [0.1, 0.15) is 5.69 Å². The van der Waals surface area contributed by atoms with E-state index in [-0.39, 0.29) is 22.2 Å². The number of anilines is 1. The first-order valence-electron chi connectivity index (χ1n) is 10.4. The Balaban J connectivity index is 1.36. The van der Waals surface area contributed by atoms with Gasteiger partial charge in [-0.25, -0.2) is 14.3 Å². The van der Waals surface area contributed by atoms with Crippen molar-refractivity contribution in [1.82, 2.24) is 15.2 Å². The molecule has 0 aliphatic carbocycles. The lowest BCUT2D eigenvalue weighted by atomic mass is 10.0. The summed E-state index contributed by atoms with van der Waals surface area (Å²) >= 11 is 2.43. The van der Waals surface area contributed by atoms with Crippen LogP contribution in [0.25, 0.3) is 10.8 Å².